The molecule has 0 saturated heterocycles. The van der Waals surface area contributed by atoms with Gasteiger partial charge in [0.2, 0.25) is 0 Å². The van der Waals surface area contributed by atoms with E-state index in [0.717, 1.165) is 16.8 Å². The molecule has 3 nitrogen and oxygen atoms in total. The zero-order valence-electron chi connectivity index (χ0n) is 11.2. The molecule has 0 unspecified atom stereocenters. The summed E-state index contributed by atoms with van der Waals surface area (Å²) in [6.07, 6.45) is 0. The van der Waals surface area contributed by atoms with Crippen LogP contribution in [0.3, 0.4) is 0 Å². The minimum atomic E-state index is 0.164. The van der Waals surface area contributed by atoms with Gasteiger partial charge in [-0.25, -0.2) is 0 Å². The van der Waals surface area contributed by atoms with Crippen LogP contribution in [0.15, 0.2) is 36.4 Å². The van der Waals surface area contributed by atoms with Gasteiger partial charge in [0.25, 0.3) is 0 Å². The van der Waals surface area contributed by atoms with E-state index in [9.17, 15) is 5.11 Å². The van der Waals surface area contributed by atoms with Crippen molar-refractivity contribution in [3.63, 3.8) is 0 Å². The van der Waals surface area contributed by atoms with Crippen LogP contribution in [-0.2, 0) is 0 Å². The van der Waals surface area contributed by atoms with Crippen LogP contribution < -0.4 is 10.6 Å². The third kappa shape index (κ3) is 3.40. The van der Waals surface area contributed by atoms with Gasteiger partial charge >= 0.3 is 0 Å². The van der Waals surface area contributed by atoms with E-state index in [1.54, 1.807) is 12.1 Å². The summed E-state index contributed by atoms with van der Waals surface area (Å²) in [6.45, 7) is 3.83. The Morgan fingerprint density at radius 2 is 1.80 bits per heavy atom. The molecular weight excluding hydrogens is 292 g/mol. The summed E-state index contributed by atoms with van der Waals surface area (Å²) in [5, 5.41) is 16.9. The van der Waals surface area contributed by atoms with Crippen LogP contribution in [0.5, 0.6) is 5.75 Å². The summed E-state index contributed by atoms with van der Waals surface area (Å²) in [5.74, 6) is 0.164. The normalized spacial score (nSPS) is 10.2. The lowest BCUT2D eigenvalue weighted by molar-refractivity contribution is 0.477. The van der Waals surface area contributed by atoms with Gasteiger partial charge in [-0.2, -0.15) is 0 Å². The van der Waals surface area contributed by atoms with E-state index in [1.165, 1.54) is 0 Å². The second-order valence-corrected chi connectivity index (χ2v) is 5.33. The van der Waals surface area contributed by atoms with Gasteiger partial charge in [-0.1, -0.05) is 23.7 Å². The lowest BCUT2D eigenvalue weighted by Gasteiger charge is -2.14. The Kier molecular flexibility index (Phi) is 4.47. The molecule has 0 radical (unpaired) electrons. The lowest BCUT2D eigenvalue weighted by atomic mass is 10.2. The van der Waals surface area contributed by atoms with Crippen molar-refractivity contribution >= 4 is 40.3 Å². The van der Waals surface area contributed by atoms with Gasteiger partial charge < -0.3 is 15.7 Å². The van der Waals surface area contributed by atoms with Gasteiger partial charge in [0, 0.05) is 10.7 Å². The minimum absolute atomic E-state index is 0.164. The molecule has 2 rings (SSSR count). The second-order valence-electron chi connectivity index (χ2n) is 4.51. The summed E-state index contributed by atoms with van der Waals surface area (Å²) in [7, 11) is 0. The number of benzene rings is 2. The Bertz CT molecular complexity index is 658. The Balaban J connectivity index is 2.11. The predicted octanol–water partition coefficient (Wildman–Crippen LogP) is 4.47. The van der Waals surface area contributed by atoms with Crippen molar-refractivity contribution in [2.45, 2.75) is 13.8 Å². The highest BCUT2D eigenvalue weighted by Gasteiger charge is 2.06. The summed E-state index contributed by atoms with van der Waals surface area (Å²) in [5.41, 5.74) is 3.30. The molecule has 2 aromatic rings. The van der Waals surface area contributed by atoms with Gasteiger partial charge in [0.1, 0.15) is 5.75 Å². The fourth-order valence-electron chi connectivity index (χ4n) is 1.77. The molecular formula is C15H15ClN2OS. The molecule has 0 aliphatic carbocycles. The number of aryl methyl sites for hydroxylation is 1. The molecule has 20 heavy (non-hydrogen) atoms. The van der Waals surface area contributed by atoms with Crippen LogP contribution in [-0.4, -0.2) is 10.2 Å². The smallest absolute Gasteiger partial charge is 0.175 e. The van der Waals surface area contributed by atoms with Crippen LogP contribution in [0.2, 0.25) is 5.02 Å². The van der Waals surface area contributed by atoms with Crippen molar-refractivity contribution in [1.29, 1.82) is 0 Å². The average molecular weight is 307 g/mol. The van der Waals surface area contributed by atoms with E-state index in [0.29, 0.717) is 15.8 Å². The summed E-state index contributed by atoms with van der Waals surface area (Å²) >= 11 is 11.3. The quantitative estimate of drug-likeness (QED) is 0.566. The molecule has 3 N–H and O–H groups in total. The molecule has 0 bridgehead atoms. The largest absolute Gasteiger partial charge is 0.506 e. The number of aromatic hydroxyl groups is 1. The standard InChI is InChI=1S/C15H15ClN2OS/c1-9-6-7-13(14(19)8-9)18-15(20)17-12-5-3-4-11(16)10(12)2/h3-8,19H,1-2H3,(H2,17,18,20). The van der Waals surface area contributed by atoms with Crippen molar-refractivity contribution in [3.8, 4) is 5.75 Å². The van der Waals surface area contributed by atoms with Crippen molar-refractivity contribution in [1.82, 2.24) is 0 Å². The maximum atomic E-state index is 9.83. The molecule has 2 aromatic carbocycles. The van der Waals surface area contributed by atoms with Gasteiger partial charge in [-0.3, -0.25) is 0 Å². The van der Waals surface area contributed by atoms with Crippen molar-refractivity contribution in [2.75, 3.05) is 10.6 Å². The number of rotatable bonds is 2. The Morgan fingerprint density at radius 3 is 2.50 bits per heavy atom. The predicted molar refractivity (Wildman–Crippen MR) is 88.9 cm³/mol. The van der Waals surface area contributed by atoms with Crippen LogP contribution in [0.4, 0.5) is 11.4 Å². The first-order valence-corrected chi connectivity index (χ1v) is 6.88. The second kappa shape index (κ2) is 6.11. The van der Waals surface area contributed by atoms with E-state index in [4.69, 9.17) is 23.8 Å². The summed E-state index contributed by atoms with van der Waals surface area (Å²) in [6, 6.07) is 10.9. The van der Waals surface area contributed by atoms with E-state index in [2.05, 4.69) is 10.6 Å². The number of phenols is 1. The van der Waals surface area contributed by atoms with Crippen LogP contribution >= 0.6 is 23.8 Å². The number of anilines is 2. The van der Waals surface area contributed by atoms with E-state index >= 15 is 0 Å². The first kappa shape index (κ1) is 14.6. The van der Waals surface area contributed by atoms with Gasteiger partial charge in [0.15, 0.2) is 5.11 Å². The third-order valence-electron chi connectivity index (χ3n) is 2.92. The molecule has 0 spiro atoms. The maximum Gasteiger partial charge on any atom is 0.175 e. The van der Waals surface area contributed by atoms with E-state index in [-0.39, 0.29) is 5.75 Å². The molecule has 0 heterocycles. The molecule has 104 valence electrons. The van der Waals surface area contributed by atoms with E-state index < -0.39 is 0 Å². The zero-order valence-corrected chi connectivity index (χ0v) is 12.8. The highest BCUT2D eigenvalue weighted by Crippen LogP contribution is 2.25. The lowest BCUT2D eigenvalue weighted by Crippen LogP contribution is -2.19. The zero-order chi connectivity index (χ0) is 14.7. The molecule has 0 atom stereocenters. The van der Waals surface area contributed by atoms with Crippen LogP contribution in [0.1, 0.15) is 11.1 Å². The fourth-order valence-corrected chi connectivity index (χ4v) is 2.16. The Labute approximate surface area is 128 Å². The first-order valence-electron chi connectivity index (χ1n) is 6.10. The SMILES string of the molecule is Cc1ccc(NC(=S)Nc2cccc(Cl)c2C)c(O)c1. The van der Waals surface area contributed by atoms with E-state index in [1.807, 2.05) is 38.1 Å². The fraction of sp³-hybridized carbons (Fsp3) is 0.133. The maximum absolute atomic E-state index is 9.83. The monoisotopic (exact) mass is 306 g/mol. The molecule has 5 heteroatoms. The van der Waals surface area contributed by atoms with Gasteiger partial charge in [-0.05, 0) is 61.5 Å². The number of nitrogens with one attached hydrogen (secondary N) is 2. The van der Waals surface area contributed by atoms with Crippen molar-refractivity contribution in [3.05, 3.63) is 52.5 Å². The molecule has 0 aliphatic heterocycles. The molecule has 0 saturated carbocycles. The van der Waals surface area contributed by atoms with Crippen molar-refractivity contribution < 1.29 is 5.11 Å². The number of phenolic OH excluding ortho intramolecular Hbond substituents is 1. The summed E-state index contributed by atoms with van der Waals surface area (Å²) in [4.78, 5) is 0. The average Bonchev–Trinajstić information content (AvgIpc) is 2.38. The highest BCUT2D eigenvalue weighted by atomic mass is 35.5. The minimum Gasteiger partial charge on any atom is -0.506 e. The van der Waals surface area contributed by atoms with Crippen molar-refractivity contribution in [2.24, 2.45) is 0 Å². The Hall–Kier alpha value is -1.78. The number of halogens is 1. The molecule has 0 aromatic heterocycles. The Morgan fingerprint density at radius 1 is 1.10 bits per heavy atom. The first-order chi connectivity index (χ1) is 9.47. The summed E-state index contributed by atoms with van der Waals surface area (Å²) < 4.78 is 0. The number of hydrogen-bond donors (Lipinski definition) is 3. The third-order valence-corrected chi connectivity index (χ3v) is 3.53. The van der Waals surface area contributed by atoms with Crippen LogP contribution in [0, 0.1) is 13.8 Å². The number of hydrogen-bond acceptors (Lipinski definition) is 2. The molecule has 0 aliphatic rings. The topological polar surface area (TPSA) is 44.3 Å². The molecule has 0 fully saturated rings. The van der Waals surface area contributed by atoms with Gasteiger partial charge in [-0.15, -0.1) is 0 Å². The highest BCUT2D eigenvalue weighted by molar-refractivity contribution is 7.80. The number of thiocarbonyl (C=S) groups is 1. The molecule has 0 amide bonds. The van der Waals surface area contributed by atoms with Gasteiger partial charge in [0.05, 0.1) is 5.69 Å². The van der Waals surface area contributed by atoms with Crippen LogP contribution in [0.25, 0.3) is 0 Å².